The number of aromatic nitrogens is 1. The third-order valence-corrected chi connectivity index (χ3v) is 2.82. The number of rotatable bonds is 2. The molecule has 1 aromatic rings. The number of hydrogen-bond acceptors (Lipinski definition) is 3. The first-order chi connectivity index (χ1) is 5.70. The zero-order valence-corrected chi connectivity index (χ0v) is 9.15. The van der Waals surface area contributed by atoms with Gasteiger partial charge in [0.1, 0.15) is 5.03 Å². The number of nitrogens with zero attached hydrogens (tertiary/aromatic N) is 1. The molecule has 0 saturated carbocycles. The molecule has 0 N–H and O–H groups in total. The van der Waals surface area contributed by atoms with E-state index in [9.17, 15) is 9.18 Å². The minimum absolute atomic E-state index is 0.0925. The number of carbonyl (C=O) groups excluding carboxylic acids is 1. The SMILES string of the molecule is CSc1ncc(I)c(C=O)c1F. The fourth-order valence-corrected chi connectivity index (χ4v) is 1.66. The first-order valence-electron chi connectivity index (χ1n) is 3.04. The second-order valence-corrected chi connectivity index (χ2v) is 3.92. The molecule has 0 aromatic carbocycles. The van der Waals surface area contributed by atoms with Crippen LogP contribution in [0.4, 0.5) is 4.39 Å². The molecule has 0 aliphatic carbocycles. The number of aldehydes is 1. The topological polar surface area (TPSA) is 30.0 Å². The van der Waals surface area contributed by atoms with Crippen LogP contribution in [0.3, 0.4) is 0 Å². The van der Waals surface area contributed by atoms with E-state index in [-0.39, 0.29) is 10.6 Å². The van der Waals surface area contributed by atoms with Gasteiger partial charge in [0.25, 0.3) is 0 Å². The molecule has 0 saturated heterocycles. The Morgan fingerprint density at radius 1 is 1.75 bits per heavy atom. The van der Waals surface area contributed by atoms with Crippen molar-refractivity contribution in [3.63, 3.8) is 0 Å². The fraction of sp³-hybridized carbons (Fsp3) is 0.143. The van der Waals surface area contributed by atoms with Crippen molar-refractivity contribution in [2.45, 2.75) is 5.03 Å². The van der Waals surface area contributed by atoms with Crippen LogP contribution in [0, 0.1) is 9.39 Å². The monoisotopic (exact) mass is 297 g/mol. The average molecular weight is 297 g/mol. The quantitative estimate of drug-likeness (QED) is 0.477. The van der Waals surface area contributed by atoms with Crippen LogP contribution in [0.15, 0.2) is 11.2 Å². The Hall–Kier alpha value is -0.170. The molecule has 12 heavy (non-hydrogen) atoms. The number of hydrogen-bond donors (Lipinski definition) is 0. The Labute approximate surface area is 87.1 Å². The van der Waals surface area contributed by atoms with Gasteiger partial charge >= 0.3 is 0 Å². The smallest absolute Gasteiger partial charge is 0.166 e. The highest BCUT2D eigenvalue weighted by Crippen LogP contribution is 2.21. The molecular weight excluding hydrogens is 292 g/mol. The summed E-state index contributed by atoms with van der Waals surface area (Å²) >= 11 is 3.06. The Morgan fingerprint density at radius 2 is 2.42 bits per heavy atom. The van der Waals surface area contributed by atoms with Gasteiger partial charge in [-0.2, -0.15) is 0 Å². The van der Waals surface area contributed by atoms with E-state index in [1.807, 2.05) is 22.6 Å². The molecule has 1 aromatic heterocycles. The van der Waals surface area contributed by atoms with Crippen molar-refractivity contribution in [1.29, 1.82) is 0 Å². The molecular formula is C7H5FINOS. The maximum Gasteiger partial charge on any atom is 0.166 e. The van der Waals surface area contributed by atoms with Crippen molar-refractivity contribution in [3.8, 4) is 0 Å². The van der Waals surface area contributed by atoms with Gasteiger partial charge in [0.05, 0.1) is 5.56 Å². The van der Waals surface area contributed by atoms with Crippen LogP contribution >= 0.6 is 34.4 Å². The van der Waals surface area contributed by atoms with Gasteiger partial charge in [0.15, 0.2) is 12.1 Å². The second kappa shape index (κ2) is 4.18. The summed E-state index contributed by atoms with van der Waals surface area (Å²) in [6.45, 7) is 0. The van der Waals surface area contributed by atoms with Gasteiger partial charge in [0.2, 0.25) is 0 Å². The van der Waals surface area contributed by atoms with Crippen molar-refractivity contribution >= 4 is 40.6 Å². The lowest BCUT2D eigenvalue weighted by atomic mass is 10.3. The Morgan fingerprint density at radius 3 is 2.92 bits per heavy atom. The molecule has 64 valence electrons. The largest absolute Gasteiger partial charge is 0.298 e. The minimum Gasteiger partial charge on any atom is -0.298 e. The van der Waals surface area contributed by atoms with Crippen molar-refractivity contribution < 1.29 is 9.18 Å². The third kappa shape index (κ3) is 1.77. The van der Waals surface area contributed by atoms with Gasteiger partial charge in [-0.3, -0.25) is 4.79 Å². The van der Waals surface area contributed by atoms with E-state index in [2.05, 4.69) is 4.98 Å². The van der Waals surface area contributed by atoms with E-state index in [0.29, 0.717) is 9.86 Å². The van der Waals surface area contributed by atoms with E-state index in [4.69, 9.17) is 0 Å². The Bertz CT molecular complexity index is 319. The van der Waals surface area contributed by atoms with E-state index >= 15 is 0 Å². The molecule has 0 fully saturated rings. The summed E-state index contributed by atoms with van der Waals surface area (Å²) in [6.07, 6.45) is 3.71. The molecule has 0 atom stereocenters. The second-order valence-electron chi connectivity index (χ2n) is 1.96. The van der Waals surface area contributed by atoms with Gasteiger partial charge in [-0.1, -0.05) is 0 Å². The van der Waals surface area contributed by atoms with E-state index < -0.39 is 5.82 Å². The Balaban J connectivity index is 3.33. The van der Waals surface area contributed by atoms with Crippen LogP contribution in [0.1, 0.15) is 10.4 Å². The molecule has 1 rings (SSSR count). The van der Waals surface area contributed by atoms with Crippen molar-refractivity contribution in [3.05, 3.63) is 21.1 Å². The number of halogens is 2. The molecule has 0 unspecified atom stereocenters. The zero-order chi connectivity index (χ0) is 9.14. The molecule has 5 heteroatoms. The van der Waals surface area contributed by atoms with Crippen LogP contribution in [0.5, 0.6) is 0 Å². The van der Waals surface area contributed by atoms with Crippen molar-refractivity contribution in [2.75, 3.05) is 6.26 Å². The van der Waals surface area contributed by atoms with Crippen LogP contribution in [0.25, 0.3) is 0 Å². The van der Waals surface area contributed by atoms with Gasteiger partial charge in [-0.25, -0.2) is 9.37 Å². The maximum absolute atomic E-state index is 13.2. The van der Waals surface area contributed by atoms with Crippen LogP contribution in [-0.2, 0) is 0 Å². The van der Waals surface area contributed by atoms with Crippen LogP contribution in [-0.4, -0.2) is 17.5 Å². The van der Waals surface area contributed by atoms with Gasteiger partial charge in [-0.15, -0.1) is 11.8 Å². The molecule has 0 aliphatic rings. The maximum atomic E-state index is 13.2. The van der Waals surface area contributed by atoms with Gasteiger partial charge in [0, 0.05) is 9.77 Å². The number of thioether (sulfide) groups is 1. The summed E-state index contributed by atoms with van der Waals surface area (Å²) in [6, 6.07) is 0. The predicted molar refractivity (Wildman–Crippen MR) is 54.1 cm³/mol. The van der Waals surface area contributed by atoms with Crippen LogP contribution in [0.2, 0.25) is 0 Å². The fourth-order valence-electron chi connectivity index (χ4n) is 0.712. The molecule has 0 spiro atoms. The zero-order valence-electron chi connectivity index (χ0n) is 6.17. The highest BCUT2D eigenvalue weighted by Gasteiger charge is 2.11. The molecule has 2 nitrogen and oxygen atoms in total. The van der Waals surface area contributed by atoms with E-state index in [0.717, 1.165) is 0 Å². The summed E-state index contributed by atoms with van der Waals surface area (Å²) in [5.41, 5.74) is 0.0925. The lowest BCUT2D eigenvalue weighted by Crippen LogP contribution is -1.97. The normalized spacial score (nSPS) is 9.92. The Kier molecular flexibility index (Phi) is 3.45. The molecule has 0 bridgehead atoms. The third-order valence-electron chi connectivity index (χ3n) is 1.29. The summed E-state index contributed by atoms with van der Waals surface area (Å²) in [5, 5.41) is 0.262. The van der Waals surface area contributed by atoms with E-state index in [1.165, 1.54) is 18.0 Å². The number of carbonyl (C=O) groups is 1. The summed E-state index contributed by atoms with van der Waals surface area (Å²) in [4.78, 5) is 14.3. The first-order valence-corrected chi connectivity index (χ1v) is 5.34. The standard InChI is InChI=1S/C7H5FINOS/c1-12-7-6(8)4(3-11)5(9)2-10-7/h2-3H,1H3. The minimum atomic E-state index is -0.524. The van der Waals surface area contributed by atoms with E-state index in [1.54, 1.807) is 6.26 Å². The lowest BCUT2D eigenvalue weighted by molar-refractivity contribution is 0.111. The first kappa shape index (κ1) is 9.91. The average Bonchev–Trinajstić information content (AvgIpc) is 2.06. The highest BCUT2D eigenvalue weighted by atomic mass is 127. The summed E-state index contributed by atoms with van der Waals surface area (Å²) in [7, 11) is 0. The van der Waals surface area contributed by atoms with Crippen molar-refractivity contribution in [2.24, 2.45) is 0 Å². The molecule has 0 aliphatic heterocycles. The highest BCUT2D eigenvalue weighted by molar-refractivity contribution is 14.1. The van der Waals surface area contributed by atoms with Gasteiger partial charge in [-0.05, 0) is 28.8 Å². The molecule has 1 heterocycles. The molecule has 0 radical (unpaired) electrons. The summed E-state index contributed by atoms with van der Waals surface area (Å²) < 4.78 is 13.8. The van der Waals surface area contributed by atoms with Gasteiger partial charge < -0.3 is 0 Å². The summed E-state index contributed by atoms with van der Waals surface area (Å²) in [5.74, 6) is -0.524. The van der Waals surface area contributed by atoms with Crippen LogP contribution < -0.4 is 0 Å². The predicted octanol–water partition coefficient (Wildman–Crippen LogP) is 2.36. The van der Waals surface area contributed by atoms with Crippen molar-refractivity contribution in [1.82, 2.24) is 4.98 Å². The lowest BCUT2D eigenvalue weighted by Gasteiger charge is -2.01. The molecule has 0 amide bonds. The number of pyridine rings is 1.